The predicted octanol–water partition coefficient (Wildman–Crippen LogP) is 3.83. The maximum Gasteiger partial charge on any atom is 0.251 e. The van der Waals surface area contributed by atoms with Crippen LogP contribution >= 0.6 is 0 Å². The van der Waals surface area contributed by atoms with Crippen molar-refractivity contribution in [3.63, 3.8) is 0 Å². The van der Waals surface area contributed by atoms with Gasteiger partial charge in [0.15, 0.2) is 0 Å². The lowest BCUT2D eigenvalue weighted by Crippen LogP contribution is -2.18. The van der Waals surface area contributed by atoms with E-state index in [1.165, 1.54) is 31.5 Å². The van der Waals surface area contributed by atoms with Gasteiger partial charge in [0, 0.05) is 30.1 Å². The van der Waals surface area contributed by atoms with Gasteiger partial charge in [-0.1, -0.05) is 29.4 Å². The van der Waals surface area contributed by atoms with Crippen molar-refractivity contribution in [1.29, 1.82) is 0 Å². The number of hydrogen-bond acceptors (Lipinski definition) is 4. The average Bonchev–Trinajstić information content (AvgIpc) is 3.36. The Kier molecular flexibility index (Phi) is 4.25. The molecule has 0 radical (unpaired) electrons. The Morgan fingerprint density at radius 2 is 1.92 bits per heavy atom. The first kappa shape index (κ1) is 14.9. The second-order valence-electron chi connectivity index (χ2n) is 6.10. The molecule has 3 heterocycles. The maximum atomic E-state index is 5.29. The largest absolute Gasteiger partial charge is 0.362 e. The van der Waals surface area contributed by atoms with E-state index in [0.29, 0.717) is 11.7 Å². The van der Waals surface area contributed by atoms with Crippen molar-refractivity contribution >= 4 is 12.2 Å². The Morgan fingerprint density at radius 1 is 1.08 bits per heavy atom. The van der Waals surface area contributed by atoms with E-state index < -0.39 is 0 Å². The number of likely N-dealkylation sites (tertiary alicyclic amines) is 1. The fraction of sp³-hybridized carbons (Fsp3) is 0.263. The van der Waals surface area contributed by atoms with Crippen LogP contribution in [0.25, 0.3) is 23.5 Å². The van der Waals surface area contributed by atoms with Gasteiger partial charge in [0.1, 0.15) is 0 Å². The Hall–Kier alpha value is -2.66. The predicted molar refractivity (Wildman–Crippen MR) is 94.0 cm³/mol. The van der Waals surface area contributed by atoms with E-state index in [4.69, 9.17) is 4.52 Å². The second kappa shape index (κ2) is 6.84. The lowest BCUT2D eigenvalue weighted by Gasteiger charge is -2.14. The molecule has 0 bridgehead atoms. The van der Waals surface area contributed by atoms with Crippen molar-refractivity contribution in [2.45, 2.75) is 19.4 Å². The third kappa shape index (κ3) is 3.46. The summed E-state index contributed by atoms with van der Waals surface area (Å²) in [5.74, 6) is 1.12. The monoisotopic (exact) mass is 320 g/mol. The first-order valence-corrected chi connectivity index (χ1v) is 8.34. The molecule has 1 aliphatic heterocycles. The Bertz CT molecular complexity index is 796. The van der Waals surface area contributed by atoms with Gasteiger partial charge in [0.05, 0.1) is 0 Å². The third-order valence-corrected chi connectivity index (χ3v) is 4.29. The lowest BCUT2D eigenvalue weighted by atomic mass is 10.1. The van der Waals surface area contributed by atoms with Crippen molar-refractivity contribution in [3.8, 4) is 11.4 Å². The number of rotatable bonds is 5. The van der Waals surface area contributed by atoms with E-state index in [0.717, 1.165) is 17.8 Å². The summed E-state index contributed by atoms with van der Waals surface area (Å²) in [4.78, 5) is 10.0. The van der Waals surface area contributed by atoms with Crippen LogP contribution in [-0.2, 0) is 6.54 Å². The zero-order chi connectivity index (χ0) is 16.2. The van der Waals surface area contributed by atoms with Gasteiger partial charge in [-0.25, -0.2) is 0 Å². The molecule has 5 heteroatoms. The highest BCUT2D eigenvalue weighted by Crippen LogP contribution is 2.19. The van der Waals surface area contributed by atoms with Gasteiger partial charge >= 0.3 is 0 Å². The van der Waals surface area contributed by atoms with Gasteiger partial charge in [-0.3, -0.25) is 4.90 Å². The highest BCUT2D eigenvalue weighted by molar-refractivity contribution is 5.65. The number of benzene rings is 1. The van der Waals surface area contributed by atoms with Crippen LogP contribution in [0.3, 0.4) is 0 Å². The summed E-state index contributed by atoms with van der Waals surface area (Å²) in [7, 11) is 0. The first-order valence-electron chi connectivity index (χ1n) is 8.34. The standard InChI is InChI=1S/C19H20N4O/c1-2-13-23(12-1)14-15-5-7-16(8-6-15)19-21-18(24-22-19)10-9-17-4-3-11-20-17/h3-11,20H,1-2,12-14H2/b10-9+. The quantitative estimate of drug-likeness (QED) is 0.776. The molecule has 5 nitrogen and oxygen atoms in total. The molecule has 0 atom stereocenters. The van der Waals surface area contributed by atoms with Gasteiger partial charge in [-0.2, -0.15) is 4.98 Å². The summed E-state index contributed by atoms with van der Waals surface area (Å²) in [6, 6.07) is 12.4. The van der Waals surface area contributed by atoms with Gasteiger partial charge < -0.3 is 9.51 Å². The molecule has 3 aromatic rings. The third-order valence-electron chi connectivity index (χ3n) is 4.29. The number of aromatic amines is 1. The second-order valence-corrected chi connectivity index (χ2v) is 6.10. The van der Waals surface area contributed by atoms with Gasteiger partial charge in [0.2, 0.25) is 5.82 Å². The first-order chi connectivity index (χ1) is 11.9. The molecule has 2 aromatic heterocycles. The molecule has 0 saturated carbocycles. The van der Waals surface area contributed by atoms with E-state index >= 15 is 0 Å². The average molecular weight is 320 g/mol. The normalized spacial score (nSPS) is 15.5. The molecule has 1 aromatic carbocycles. The van der Waals surface area contributed by atoms with Crippen LogP contribution in [-0.4, -0.2) is 33.1 Å². The molecular weight excluding hydrogens is 300 g/mol. The van der Waals surface area contributed by atoms with Crippen molar-refractivity contribution in [1.82, 2.24) is 20.0 Å². The molecule has 1 N–H and O–H groups in total. The lowest BCUT2D eigenvalue weighted by molar-refractivity contribution is 0.331. The van der Waals surface area contributed by atoms with E-state index in [1.54, 1.807) is 0 Å². The van der Waals surface area contributed by atoms with Crippen molar-refractivity contribution in [2.24, 2.45) is 0 Å². The van der Waals surface area contributed by atoms with Crippen LogP contribution in [0.15, 0.2) is 47.1 Å². The number of aromatic nitrogens is 3. The zero-order valence-electron chi connectivity index (χ0n) is 13.5. The van der Waals surface area contributed by atoms with E-state index in [-0.39, 0.29) is 0 Å². The summed E-state index contributed by atoms with van der Waals surface area (Å²) in [5.41, 5.74) is 3.31. The van der Waals surface area contributed by atoms with Crippen molar-refractivity contribution in [3.05, 3.63) is 59.7 Å². The number of nitrogens with one attached hydrogen (secondary N) is 1. The molecule has 1 fully saturated rings. The van der Waals surface area contributed by atoms with Crippen molar-refractivity contribution in [2.75, 3.05) is 13.1 Å². The molecule has 122 valence electrons. The van der Waals surface area contributed by atoms with Gasteiger partial charge in [-0.05, 0) is 49.7 Å². The summed E-state index contributed by atoms with van der Waals surface area (Å²) < 4.78 is 5.29. The van der Waals surface area contributed by atoms with Gasteiger partial charge in [-0.15, -0.1) is 0 Å². The van der Waals surface area contributed by atoms with Crippen LogP contribution in [0, 0.1) is 0 Å². The number of nitrogens with zero attached hydrogens (tertiary/aromatic N) is 3. The zero-order valence-corrected chi connectivity index (χ0v) is 13.5. The molecule has 1 saturated heterocycles. The smallest absolute Gasteiger partial charge is 0.251 e. The van der Waals surface area contributed by atoms with E-state index in [2.05, 4.69) is 44.3 Å². The fourth-order valence-corrected chi connectivity index (χ4v) is 2.99. The van der Waals surface area contributed by atoms with Crippen LogP contribution in [0.5, 0.6) is 0 Å². The highest BCUT2D eigenvalue weighted by Gasteiger charge is 2.12. The van der Waals surface area contributed by atoms with Crippen LogP contribution < -0.4 is 0 Å². The maximum absolute atomic E-state index is 5.29. The van der Waals surface area contributed by atoms with Crippen molar-refractivity contribution < 1.29 is 4.52 Å². The Balaban J connectivity index is 1.44. The van der Waals surface area contributed by atoms with Crippen LogP contribution in [0.2, 0.25) is 0 Å². The minimum absolute atomic E-state index is 0.501. The highest BCUT2D eigenvalue weighted by atomic mass is 16.5. The Labute approximate surface area is 141 Å². The molecule has 24 heavy (non-hydrogen) atoms. The molecule has 0 spiro atoms. The topological polar surface area (TPSA) is 58.0 Å². The fourth-order valence-electron chi connectivity index (χ4n) is 2.99. The summed E-state index contributed by atoms with van der Waals surface area (Å²) in [6.45, 7) is 3.45. The minimum Gasteiger partial charge on any atom is -0.362 e. The molecule has 4 rings (SSSR count). The Morgan fingerprint density at radius 3 is 2.67 bits per heavy atom. The summed E-state index contributed by atoms with van der Waals surface area (Å²) in [6.07, 6.45) is 8.24. The molecular formula is C19H20N4O. The molecule has 0 unspecified atom stereocenters. The summed E-state index contributed by atoms with van der Waals surface area (Å²) >= 11 is 0. The number of H-pyrrole nitrogens is 1. The molecule has 0 amide bonds. The molecule has 0 aliphatic carbocycles. The van der Waals surface area contributed by atoms with Crippen LogP contribution in [0.1, 0.15) is 30.0 Å². The van der Waals surface area contributed by atoms with E-state index in [1.807, 2.05) is 30.5 Å². The van der Waals surface area contributed by atoms with Gasteiger partial charge in [0.25, 0.3) is 5.89 Å². The summed E-state index contributed by atoms with van der Waals surface area (Å²) in [5, 5.41) is 4.06. The SMILES string of the molecule is C(=C\c1nc(-c2ccc(CN3CCCC3)cc2)no1)/c1ccc[nH]1. The minimum atomic E-state index is 0.501. The van der Waals surface area contributed by atoms with Crippen LogP contribution in [0.4, 0.5) is 0 Å². The molecule has 1 aliphatic rings. The number of hydrogen-bond donors (Lipinski definition) is 1. The van der Waals surface area contributed by atoms with E-state index in [9.17, 15) is 0 Å².